The maximum absolute atomic E-state index is 5.87. The number of rotatable bonds is 3. The largest absolute Gasteiger partial charge is 0.493 e. The van der Waals surface area contributed by atoms with Crippen LogP contribution in [-0.4, -0.2) is 13.7 Å². The Balaban J connectivity index is 1.88. The zero-order valence-corrected chi connectivity index (χ0v) is 10.3. The third-order valence-electron chi connectivity index (χ3n) is 3.08. The van der Waals surface area contributed by atoms with E-state index >= 15 is 0 Å². The molecule has 0 amide bonds. The molecule has 0 saturated heterocycles. The van der Waals surface area contributed by atoms with Crippen molar-refractivity contribution in [3.05, 3.63) is 48.0 Å². The van der Waals surface area contributed by atoms with E-state index < -0.39 is 0 Å². The topological polar surface area (TPSA) is 30.5 Å². The molecule has 3 nitrogen and oxygen atoms in total. The van der Waals surface area contributed by atoms with E-state index in [0.717, 1.165) is 30.2 Å². The number of para-hydroxylation sites is 2. The summed E-state index contributed by atoms with van der Waals surface area (Å²) in [7, 11) is 1.65. The Hall–Kier alpha value is -2.16. The van der Waals surface area contributed by atoms with Crippen LogP contribution in [0, 0.1) is 0 Å². The molecule has 0 bridgehead atoms. The fraction of sp³-hybridized carbons (Fsp3) is 0.200. The molecule has 0 fully saturated rings. The van der Waals surface area contributed by atoms with Crippen LogP contribution < -0.4 is 14.8 Å². The second kappa shape index (κ2) is 4.61. The van der Waals surface area contributed by atoms with Crippen molar-refractivity contribution in [1.82, 2.24) is 0 Å². The van der Waals surface area contributed by atoms with E-state index in [9.17, 15) is 0 Å². The van der Waals surface area contributed by atoms with Gasteiger partial charge in [0.05, 0.1) is 7.11 Å². The molecule has 0 unspecified atom stereocenters. The van der Waals surface area contributed by atoms with Crippen LogP contribution in [0.3, 0.4) is 0 Å². The highest BCUT2D eigenvalue weighted by Gasteiger charge is 2.11. The second-order valence-electron chi connectivity index (χ2n) is 4.25. The first kappa shape index (κ1) is 11.0. The molecule has 0 aliphatic carbocycles. The van der Waals surface area contributed by atoms with Gasteiger partial charge < -0.3 is 14.8 Å². The summed E-state index contributed by atoms with van der Waals surface area (Å²) in [5.74, 6) is 2.34. The molecule has 0 saturated carbocycles. The predicted octanol–water partition coefficient (Wildman–Crippen LogP) is 3.46. The third kappa shape index (κ3) is 1.99. The van der Waals surface area contributed by atoms with Crippen molar-refractivity contribution in [3.8, 4) is 17.2 Å². The Kier molecular flexibility index (Phi) is 2.81. The van der Waals surface area contributed by atoms with E-state index in [1.54, 1.807) is 7.11 Å². The molecule has 2 aromatic rings. The van der Waals surface area contributed by atoms with Gasteiger partial charge in [-0.1, -0.05) is 12.1 Å². The number of benzene rings is 2. The lowest BCUT2D eigenvalue weighted by Gasteiger charge is -2.10. The maximum atomic E-state index is 5.87. The van der Waals surface area contributed by atoms with Crippen molar-refractivity contribution < 1.29 is 9.47 Å². The lowest BCUT2D eigenvalue weighted by Crippen LogP contribution is -1.91. The quantitative estimate of drug-likeness (QED) is 0.892. The van der Waals surface area contributed by atoms with Crippen LogP contribution in [0.5, 0.6) is 17.2 Å². The molecule has 0 aromatic heterocycles. The zero-order valence-electron chi connectivity index (χ0n) is 10.3. The van der Waals surface area contributed by atoms with E-state index in [1.165, 1.54) is 11.3 Å². The molecule has 0 spiro atoms. The number of hydrogen-bond acceptors (Lipinski definition) is 3. The minimum absolute atomic E-state index is 0.742. The highest BCUT2D eigenvalue weighted by atomic mass is 16.5. The first-order valence-corrected chi connectivity index (χ1v) is 6.04. The summed E-state index contributed by atoms with van der Waals surface area (Å²) in [6.07, 6.45) is 1.05. The standard InChI is InChI=1S/C15H15NO2/c1-17-14-4-2-3-5-15(14)18-12-6-7-13-11(10-12)8-9-16-13/h2-7,10,16H,8-9H2,1H3. The lowest BCUT2D eigenvalue weighted by molar-refractivity contribution is 0.379. The summed E-state index contributed by atoms with van der Waals surface area (Å²) in [6.45, 7) is 1.01. The molecule has 18 heavy (non-hydrogen) atoms. The van der Waals surface area contributed by atoms with Crippen LogP contribution in [0.1, 0.15) is 5.56 Å². The van der Waals surface area contributed by atoms with Gasteiger partial charge in [0.15, 0.2) is 11.5 Å². The van der Waals surface area contributed by atoms with Gasteiger partial charge in [0, 0.05) is 12.2 Å². The highest BCUT2D eigenvalue weighted by molar-refractivity contribution is 5.58. The SMILES string of the molecule is COc1ccccc1Oc1ccc2c(c1)CCN2. The number of fused-ring (bicyclic) bond motifs is 1. The molecule has 92 valence electrons. The number of nitrogens with one attached hydrogen (secondary N) is 1. The monoisotopic (exact) mass is 241 g/mol. The van der Waals surface area contributed by atoms with Gasteiger partial charge in [-0.05, 0) is 42.3 Å². The van der Waals surface area contributed by atoms with Crippen LogP contribution in [0.2, 0.25) is 0 Å². The molecular weight excluding hydrogens is 226 g/mol. The average molecular weight is 241 g/mol. The summed E-state index contributed by atoms with van der Waals surface area (Å²) in [4.78, 5) is 0. The van der Waals surface area contributed by atoms with E-state index in [1.807, 2.05) is 30.3 Å². The summed E-state index contributed by atoms with van der Waals surface area (Å²) in [5.41, 5.74) is 2.52. The highest BCUT2D eigenvalue weighted by Crippen LogP contribution is 2.33. The fourth-order valence-electron chi connectivity index (χ4n) is 2.17. The lowest BCUT2D eigenvalue weighted by atomic mass is 10.1. The summed E-state index contributed by atoms with van der Waals surface area (Å²) in [6, 6.07) is 13.8. The molecule has 1 aliphatic heterocycles. The van der Waals surface area contributed by atoms with Gasteiger partial charge in [0.1, 0.15) is 5.75 Å². The predicted molar refractivity (Wildman–Crippen MR) is 71.7 cm³/mol. The second-order valence-corrected chi connectivity index (χ2v) is 4.25. The van der Waals surface area contributed by atoms with Crippen molar-refractivity contribution in [1.29, 1.82) is 0 Å². The van der Waals surface area contributed by atoms with Crippen molar-refractivity contribution in [3.63, 3.8) is 0 Å². The van der Waals surface area contributed by atoms with E-state index in [-0.39, 0.29) is 0 Å². The first-order chi connectivity index (χ1) is 8.86. The number of anilines is 1. The normalized spacial score (nSPS) is 12.7. The van der Waals surface area contributed by atoms with Gasteiger partial charge in [-0.25, -0.2) is 0 Å². The molecule has 1 N–H and O–H groups in total. The van der Waals surface area contributed by atoms with E-state index in [4.69, 9.17) is 9.47 Å². The van der Waals surface area contributed by atoms with E-state index in [0.29, 0.717) is 0 Å². The zero-order chi connectivity index (χ0) is 12.4. The molecule has 0 atom stereocenters. The molecule has 2 aromatic carbocycles. The smallest absolute Gasteiger partial charge is 0.169 e. The maximum Gasteiger partial charge on any atom is 0.169 e. The molecule has 1 heterocycles. The Morgan fingerprint density at radius 2 is 1.89 bits per heavy atom. The van der Waals surface area contributed by atoms with Crippen LogP contribution in [0.4, 0.5) is 5.69 Å². The average Bonchev–Trinajstić information content (AvgIpc) is 2.87. The Morgan fingerprint density at radius 3 is 2.72 bits per heavy atom. The van der Waals surface area contributed by atoms with Crippen LogP contribution in [0.25, 0.3) is 0 Å². The molecular formula is C15H15NO2. The summed E-state index contributed by atoms with van der Waals surface area (Å²) >= 11 is 0. The molecule has 0 radical (unpaired) electrons. The number of hydrogen-bond donors (Lipinski definition) is 1. The van der Waals surface area contributed by atoms with Gasteiger partial charge in [-0.2, -0.15) is 0 Å². The first-order valence-electron chi connectivity index (χ1n) is 6.04. The summed E-state index contributed by atoms with van der Waals surface area (Å²) in [5, 5.41) is 3.33. The Labute approximate surface area is 106 Å². The van der Waals surface area contributed by atoms with Gasteiger partial charge in [0.25, 0.3) is 0 Å². The van der Waals surface area contributed by atoms with Crippen LogP contribution >= 0.6 is 0 Å². The van der Waals surface area contributed by atoms with Gasteiger partial charge >= 0.3 is 0 Å². The van der Waals surface area contributed by atoms with Crippen molar-refractivity contribution >= 4 is 5.69 Å². The fourth-order valence-corrected chi connectivity index (χ4v) is 2.17. The molecule has 1 aliphatic rings. The minimum Gasteiger partial charge on any atom is -0.493 e. The Morgan fingerprint density at radius 1 is 1.06 bits per heavy atom. The van der Waals surface area contributed by atoms with Gasteiger partial charge in [-0.15, -0.1) is 0 Å². The van der Waals surface area contributed by atoms with Crippen molar-refractivity contribution in [2.75, 3.05) is 19.0 Å². The van der Waals surface area contributed by atoms with Crippen molar-refractivity contribution in [2.45, 2.75) is 6.42 Å². The van der Waals surface area contributed by atoms with E-state index in [2.05, 4.69) is 17.4 Å². The third-order valence-corrected chi connectivity index (χ3v) is 3.08. The van der Waals surface area contributed by atoms with Crippen LogP contribution in [0.15, 0.2) is 42.5 Å². The van der Waals surface area contributed by atoms with Crippen LogP contribution in [-0.2, 0) is 6.42 Å². The summed E-state index contributed by atoms with van der Waals surface area (Å²) < 4.78 is 11.1. The van der Waals surface area contributed by atoms with Gasteiger partial charge in [0.2, 0.25) is 0 Å². The number of methoxy groups -OCH3 is 1. The van der Waals surface area contributed by atoms with Gasteiger partial charge in [-0.3, -0.25) is 0 Å². The number of ether oxygens (including phenoxy) is 2. The van der Waals surface area contributed by atoms with Crippen molar-refractivity contribution in [2.24, 2.45) is 0 Å². The minimum atomic E-state index is 0.742. The Bertz CT molecular complexity index is 566. The molecule has 3 rings (SSSR count). The molecule has 3 heteroatoms.